The van der Waals surface area contributed by atoms with E-state index >= 15 is 0 Å². The summed E-state index contributed by atoms with van der Waals surface area (Å²) in [6, 6.07) is 16.7. The fourth-order valence-corrected chi connectivity index (χ4v) is 4.44. The molecule has 0 radical (unpaired) electrons. The summed E-state index contributed by atoms with van der Waals surface area (Å²) >= 11 is 1.66. The highest BCUT2D eigenvalue weighted by molar-refractivity contribution is 7.17. The highest BCUT2D eigenvalue weighted by Crippen LogP contribution is 2.40. The Hall–Kier alpha value is -2.92. The van der Waals surface area contributed by atoms with Crippen LogP contribution in [0.25, 0.3) is 21.3 Å². The van der Waals surface area contributed by atoms with E-state index in [9.17, 15) is 0 Å². The third-order valence-corrected chi connectivity index (χ3v) is 5.68. The van der Waals surface area contributed by atoms with Crippen LogP contribution in [0.3, 0.4) is 0 Å². The molecule has 0 aliphatic rings. The van der Waals surface area contributed by atoms with Gasteiger partial charge < -0.3 is 9.64 Å². The Labute approximate surface area is 169 Å². The van der Waals surface area contributed by atoms with Gasteiger partial charge in [-0.05, 0) is 56.2 Å². The van der Waals surface area contributed by atoms with E-state index in [4.69, 9.17) is 14.7 Å². The minimum Gasteiger partial charge on any atom is -0.497 e. The second kappa shape index (κ2) is 7.60. The number of hydrogen-bond donors (Lipinski definition) is 0. The van der Waals surface area contributed by atoms with Gasteiger partial charge in [0.2, 0.25) is 0 Å². The van der Waals surface area contributed by atoms with Gasteiger partial charge >= 0.3 is 0 Å². The maximum absolute atomic E-state index is 5.31. The van der Waals surface area contributed by atoms with Gasteiger partial charge in [-0.1, -0.05) is 24.3 Å². The van der Waals surface area contributed by atoms with E-state index in [1.807, 2.05) is 19.1 Å². The number of aryl methyl sites for hydroxylation is 2. The van der Waals surface area contributed by atoms with Crippen molar-refractivity contribution in [3.8, 4) is 16.9 Å². The number of hydrogen-bond acceptors (Lipinski definition) is 5. The Morgan fingerprint density at radius 2 is 1.82 bits per heavy atom. The summed E-state index contributed by atoms with van der Waals surface area (Å²) in [6.07, 6.45) is 0. The molecule has 0 aliphatic carbocycles. The van der Waals surface area contributed by atoms with E-state index in [1.54, 1.807) is 18.4 Å². The maximum atomic E-state index is 5.31. The smallest absolute Gasteiger partial charge is 0.146 e. The molecule has 0 spiro atoms. The second-order valence-corrected chi connectivity index (χ2v) is 7.59. The van der Waals surface area contributed by atoms with Crippen LogP contribution < -0.4 is 9.64 Å². The lowest BCUT2D eigenvalue weighted by atomic mass is 10.1. The third kappa shape index (κ3) is 3.34. The van der Waals surface area contributed by atoms with E-state index in [2.05, 4.69) is 60.5 Å². The number of ether oxygens (including phenoxy) is 1. The van der Waals surface area contributed by atoms with Gasteiger partial charge in [0.05, 0.1) is 12.5 Å². The van der Waals surface area contributed by atoms with Crippen LogP contribution in [0.15, 0.2) is 53.9 Å². The van der Waals surface area contributed by atoms with Gasteiger partial charge in [0.1, 0.15) is 22.2 Å². The van der Waals surface area contributed by atoms with Crippen molar-refractivity contribution < 1.29 is 4.74 Å². The van der Waals surface area contributed by atoms with E-state index in [-0.39, 0.29) is 0 Å². The van der Waals surface area contributed by atoms with Crippen molar-refractivity contribution in [1.82, 2.24) is 9.97 Å². The predicted molar refractivity (Wildman–Crippen MR) is 118 cm³/mol. The number of rotatable bonds is 5. The van der Waals surface area contributed by atoms with Gasteiger partial charge in [-0.15, -0.1) is 11.3 Å². The van der Waals surface area contributed by atoms with Crippen LogP contribution in [-0.2, 0) is 0 Å². The fourth-order valence-electron chi connectivity index (χ4n) is 3.46. The van der Waals surface area contributed by atoms with Gasteiger partial charge in [0.15, 0.2) is 0 Å². The molecule has 0 aliphatic heterocycles. The molecule has 2 aromatic carbocycles. The van der Waals surface area contributed by atoms with Crippen molar-refractivity contribution in [3.63, 3.8) is 0 Å². The summed E-state index contributed by atoms with van der Waals surface area (Å²) in [5.74, 6) is 2.60. The average molecular weight is 390 g/mol. The van der Waals surface area contributed by atoms with Gasteiger partial charge in [-0.3, -0.25) is 0 Å². The molecule has 0 saturated carbocycles. The number of benzene rings is 2. The molecule has 2 aromatic heterocycles. The monoisotopic (exact) mass is 389 g/mol. The quantitative estimate of drug-likeness (QED) is 0.411. The molecule has 0 N–H and O–H groups in total. The summed E-state index contributed by atoms with van der Waals surface area (Å²) in [7, 11) is 1.69. The van der Waals surface area contributed by atoms with Gasteiger partial charge in [-0.2, -0.15) is 0 Å². The molecule has 142 valence electrons. The van der Waals surface area contributed by atoms with Gasteiger partial charge in [0.25, 0.3) is 0 Å². The van der Waals surface area contributed by atoms with E-state index in [0.717, 1.165) is 51.0 Å². The largest absolute Gasteiger partial charge is 0.497 e. The lowest BCUT2D eigenvalue weighted by molar-refractivity contribution is 0.415. The first-order chi connectivity index (χ1) is 13.6. The number of aromatic nitrogens is 2. The molecule has 4 rings (SSSR count). The number of methoxy groups -OCH3 is 1. The molecule has 4 nitrogen and oxygen atoms in total. The summed E-state index contributed by atoms with van der Waals surface area (Å²) in [4.78, 5) is 12.8. The normalized spacial score (nSPS) is 11.0. The standard InChI is InChI=1S/C23H23N3OS/c1-5-26(18-8-6-7-15(2)13-18)22-21-20(14-28-23(21)25-16(3)24-22)17-9-11-19(27-4)12-10-17/h6-14H,5H2,1-4H3. The molecule has 0 amide bonds. The minimum absolute atomic E-state index is 0.789. The number of fused-ring (bicyclic) bond motifs is 1. The number of anilines is 2. The lowest BCUT2D eigenvalue weighted by Gasteiger charge is -2.24. The van der Waals surface area contributed by atoms with E-state index in [0.29, 0.717) is 0 Å². The number of nitrogens with zero attached hydrogens (tertiary/aromatic N) is 3. The first-order valence-electron chi connectivity index (χ1n) is 9.35. The van der Waals surface area contributed by atoms with Crippen molar-refractivity contribution in [1.29, 1.82) is 0 Å². The zero-order chi connectivity index (χ0) is 19.7. The average Bonchev–Trinajstić information content (AvgIpc) is 3.12. The van der Waals surface area contributed by atoms with Crippen molar-refractivity contribution in [3.05, 3.63) is 65.3 Å². The zero-order valence-electron chi connectivity index (χ0n) is 16.6. The van der Waals surface area contributed by atoms with Gasteiger partial charge in [0, 0.05) is 23.2 Å². The summed E-state index contributed by atoms with van der Waals surface area (Å²) in [5.41, 5.74) is 4.68. The molecular weight excluding hydrogens is 366 g/mol. The first kappa shape index (κ1) is 18.4. The molecule has 4 aromatic rings. The maximum Gasteiger partial charge on any atom is 0.146 e. The van der Waals surface area contributed by atoms with Crippen LogP contribution in [0.2, 0.25) is 0 Å². The predicted octanol–water partition coefficient (Wildman–Crippen LogP) is 6.14. The fraction of sp³-hybridized carbons (Fsp3) is 0.217. The summed E-state index contributed by atoms with van der Waals surface area (Å²) in [5, 5.41) is 3.28. The lowest BCUT2D eigenvalue weighted by Crippen LogP contribution is -2.18. The molecule has 0 saturated heterocycles. The molecule has 2 heterocycles. The van der Waals surface area contributed by atoms with E-state index < -0.39 is 0 Å². The summed E-state index contributed by atoms with van der Waals surface area (Å²) < 4.78 is 5.31. The molecule has 0 bridgehead atoms. The summed E-state index contributed by atoms with van der Waals surface area (Å²) in [6.45, 7) is 7.06. The van der Waals surface area contributed by atoms with Gasteiger partial charge in [-0.25, -0.2) is 9.97 Å². The second-order valence-electron chi connectivity index (χ2n) is 6.74. The zero-order valence-corrected chi connectivity index (χ0v) is 17.4. The van der Waals surface area contributed by atoms with Crippen LogP contribution in [0.5, 0.6) is 5.75 Å². The van der Waals surface area contributed by atoms with E-state index in [1.165, 1.54) is 5.56 Å². The molecular formula is C23H23N3OS. The first-order valence-corrected chi connectivity index (χ1v) is 10.2. The number of thiophene rings is 1. The Morgan fingerprint density at radius 3 is 2.50 bits per heavy atom. The van der Waals surface area contributed by atoms with Crippen LogP contribution >= 0.6 is 11.3 Å². The highest BCUT2D eigenvalue weighted by atomic mass is 32.1. The topological polar surface area (TPSA) is 38.2 Å². The highest BCUT2D eigenvalue weighted by Gasteiger charge is 2.19. The molecule has 0 unspecified atom stereocenters. The minimum atomic E-state index is 0.789. The van der Waals surface area contributed by atoms with Crippen LogP contribution in [0.1, 0.15) is 18.3 Å². The molecule has 0 fully saturated rings. The van der Waals surface area contributed by atoms with Crippen molar-refractivity contribution in [2.24, 2.45) is 0 Å². The molecule has 5 heteroatoms. The van der Waals surface area contributed by atoms with Crippen molar-refractivity contribution in [2.75, 3.05) is 18.6 Å². The SMILES string of the molecule is CCN(c1cccc(C)c1)c1nc(C)nc2scc(-c3ccc(OC)cc3)c12. The van der Waals surface area contributed by atoms with Crippen molar-refractivity contribution in [2.45, 2.75) is 20.8 Å². The van der Waals surface area contributed by atoms with Crippen molar-refractivity contribution >= 4 is 33.1 Å². The molecule has 0 atom stereocenters. The Balaban J connectivity index is 1.93. The van der Waals surface area contributed by atoms with Crippen LogP contribution in [0.4, 0.5) is 11.5 Å². The molecule has 28 heavy (non-hydrogen) atoms. The Kier molecular flexibility index (Phi) is 5.01. The van der Waals surface area contributed by atoms with Crippen LogP contribution in [-0.4, -0.2) is 23.6 Å². The Morgan fingerprint density at radius 1 is 1.04 bits per heavy atom. The Bertz CT molecular complexity index is 1120. The third-order valence-electron chi connectivity index (χ3n) is 4.81. The van der Waals surface area contributed by atoms with Crippen LogP contribution in [0, 0.1) is 13.8 Å².